The van der Waals surface area contributed by atoms with Gasteiger partial charge in [0.1, 0.15) is 12.4 Å². The van der Waals surface area contributed by atoms with Gasteiger partial charge in [0.25, 0.3) is 0 Å². The number of nitrogens with one attached hydrogen (secondary N) is 2. The van der Waals surface area contributed by atoms with Crippen molar-refractivity contribution in [2.75, 3.05) is 56.1 Å². The van der Waals surface area contributed by atoms with E-state index < -0.39 is 27.8 Å². The quantitative estimate of drug-likeness (QED) is 0.239. The van der Waals surface area contributed by atoms with Gasteiger partial charge in [0.2, 0.25) is 21.9 Å². The Hall–Kier alpha value is -4.81. The van der Waals surface area contributed by atoms with Crippen molar-refractivity contribution in [2.45, 2.75) is 55.1 Å². The summed E-state index contributed by atoms with van der Waals surface area (Å²) in [4.78, 5) is 35.5. The number of piperidine rings is 2. The molecular weight excluding hydrogens is 716 g/mol. The van der Waals surface area contributed by atoms with Gasteiger partial charge in [-0.15, -0.1) is 0 Å². The Balaban J connectivity index is 0.874. The van der Waals surface area contributed by atoms with Crippen LogP contribution >= 0.6 is 0 Å². The standard InChI is InChI=1S/C35H40F3N9O5S/c1-44-30-19-24(5-6-29(30)32(43-44)47-16-11-31(48)42-34(47)49)23-7-12-45(13-8-23)17-18-52-27-3-2-4-28(20-27)53(50,51)46-14-9-26(10-15-46)41-33-39-21-25(22-40-33)35(36,37)38/h2-6,19-23,26H,7-18H2,1H3,(H,39,40,41)(H,42,48,49). The van der Waals surface area contributed by atoms with E-state index in [4.69, 9.17) is 4.74 Å². The molecule has 3 aliphatic heterocycles. The molecule has 2 N–H and O–H groups in total. The first-order valence-corrected chi connectivity index (χ1v) is 19.0. The van der Waals surface area contributed by atoms with Crippen LogP contribution in [0.5, 0.6) is 5.75 Å². The molecule has 3 fully saturated rings. The zero-order valence-corrected chi connectivity index (χ0v) is 29.9. The van der Waals surface area contributed by atoms with Gasteiger partial charge >= 0.3 is 12.2 Å². The number of aromatic nitrogens is 4. The monoisotopic (exact) mass is 755 g/mol. The van der Waals surface area contributed by atoms with Crippen molar-refractivity contribution in [1.82, 2.24) is 34.3 Å². The van der Waals surface area contributed by atoms with E-state index in [1.807, 2.05) is 13.1 Å². The molecule has 0 saturated carbocycles. The number of ether oxygens (including phenoxy) is 1. The molecule has 0 aliphatic carbocycles. The van der Waals surface area contributed by atoms with Gasteiger partial charge < -0.3 is 10.1 Å². The Labute approximate surface area is 304 Å². The fraction of sp³-hybridized carbons (Fsp3) is 0.457. The Morgan fingerprint density at radius 1 is 0.962 bits per heavy atom. The van der Waals surface area contributed by atoms with Crippen molar-refractivity contribution >= 4 is 44.6 Å². The number of halogens is 3. The highest BCUT2D eigenvalue weighted by Crippen LogP contribution is 2.34. The Kier molecular flexibility index (Phi) is 10.3. The highest BCUT2D eigenvalue weighted by Gasteiger charge is 2.33. The normalized spacial score (nSPS) is 18.8. The molecular formula is C35H40F3N9O5S. The van der Waals surface area contributed by atoms with E-state index in [0.29, 0.717) is 50.0 Å². The predicted octanol–water partition coefficient (Wildman–Crippen LogP) is 4.35. The van der Waals surface area contributed by atoms with Crippen LogP contribution in [0, 0.1) is 0 Å². The molecule has 3 saturated heterocycles. The van der Waals surface area contributed by atoms with Gasteiger partial charge in [-0.3, -0.25) is 24.6 Å². The first-order chi connectivity index (χ1) is 25.3. The maximum atomic E-state index is 13.5. The van der Waals surface area contributed by atoms with Crippen LogP contribution < -0.4 is 20.3 Å². The number of likely N-dealkylation sites (tertiary alicyclic amines) is 1. The van der Waals surface area contributed by atoms with Crippen LogP contribution in [0.2, 0.25) is 0 Å². The first kappa shape index (κ1) is 36.5. The topological polar surface area (TPSA) is 155 Å². The van der Waals surface area contributed by atoms with Crippen LogP contribution in [0.25, 0.3) is 10.9 Å². The minimum Gasteiger partial charge on any atom is -0.492 e. The molecule has 14 nitrogen and oxygen atoms in total. The molecule has 2 aromatic heterocycles. The third kappa shape index (κ3) is 8.08. The highest BCUT2D eigenvalue weighted by atomic mass is 32.2. The van der Waals surface area contributed by atoms with Crippen molar-refractivity contribution in [3.8, 4) is 5.75 Å². The van der Waals surface area contributed by atoms with E-state index in [2.05, 4.69) is 42.7 Å². The van der Waals surface area contributed by atoms with E-state index in [1.165, 1.54) is 14.8 Å². The summed E-state index contributed by atoms with van der Waals surface area (Å²) in [7, 11) is -1.93. The highest BCUT2D eigenvalue weighted by molar-refractivity contribution is 7.89. The molecule has 0 spiro atoms. The van der Waals surface area contributed by atoms with Gasteiger partial charge in [0, 0.05) is 69.5 Å². The van der Waals surface area contributed by atoms with Gasteiger partial charge in [-0.05, 0) is 74.5 Å². The first-order valence-electron chi connectivity index (χ1n) is 17.5. The molecule has 53 heavy (non-hydrogen) atoms. The van der Waals surface area contributed by atoms with Crippen LogP contribution in [0.4, 0.5) is 29.7 Å². The number of rotatable bonds is 10. The number of benzene rings is 2. The van der Waals surface area contributed by atoms with Crippen molar-refractivity contribution in [2.24, 2.45) is 7.05 Å². The number of fused-ring (bicyclic) bond motifs is 1. The van der Waals surface area contributed by atoms with Crippen molar-refractivity contribution < 1.29 is 35.9 Å². The van der Waals surface area contributed by atoms with E-state index in [-0.39, 0.29) is 42.3 Å². The summed E-state index contributed by atoms with van der Waals surface area (Å²) in [5.74, 6) is 1.16. The third-order valence-electron chi connectivity index (χ3n) is 10.1. The van der Waals surface area contributed by atoms with Crippen molar-refractivity contribution in [3.63, 3.8) is 0 Å². The number of anilines is 2. The Bertz CT molecular complexity index is 2080. The number of aryl methyl sites for hydroxylation is 1. The van der Waals surface area contributed by atoms with Crippen LogP contribution in [-0.4, -0.2) is 101 Å². The second kappa shape index (κ2) is 14.9. The van der Waals surface area contributed by atoms with Crippen LogP contribution in [0.1, 0.15) is 49.1 Å². The summed E-state index contributed by atoms with van der Waals surface area (Å²) in [6.45, 7) is 3.62. The maximum absolute atomic E-state index is 13.5. The van der Waals surface area contributed by atoms with Crippen LogP contribution in [0.3, 0.4) is 0 Å². The number of hydrogen-bond donors (Lipinski definition) is 2. The summed E-state index contributed by atoms with van der Waals surface area (Å²) in [6, 6.07) is 12.1. The lowest BCUT2D eigenvalue weighted by molar-refractivity contribution is -0.138. The fourth-order valence-corrected chi connectivity index (χ4v) is 8.61. The lowest BCUT2D eigenvalue weighted by Crippen LogP contribution is -2.49. The number of carbonyl (C=O) groups excluding carboxylic acids is 2. The Morgan fingerprint density at radius 3 is 2.40 bits per heavy atom. The van der Waals surface area contributed by atoms with Crippen LogP contribution in [-0.2, 0) is 28.0 Å². The molecule has 0 atom stereocenters. The van der Waals surface area contributed by atoms with Gasteiger partial charge in [0.15, 0.2) is 5.82 Å². The molecule has 0 bridgehead atoms. The van der Waals surface area contributed by atoms with Gasteiger partial charge in [0.05, 0.1) is 16.0 Å². The third-order valence-corrected chi connectivity index (χ3v) is 12.0. The number of hydrogen-bond acceptors (Lipinski definition) is 10. The van der Waals surface area contributed by atoms with Gasteiger partial charge in [-0.25, -0.2) is 23.2 Å². The summed E-state index contributed by atoms with van der Waals surface area (Å²) in [6.07, 6.45) is -0.0310. The predicted molar refractivity (Wildman–Crippen MR) is 189 cm³/mol. The number of alkyl halides is 3. The van der Waals surface area contributed by atoms with Crippen LogP contribution in [0.15, 0.2) is 59.8 Å². The Morgan fingerprint density at radius 2 is 1.70 bits per heavy atom. The average molecular weight is 756 g/mol. The molecule has 18 heteroatoms. The minimum atomic E-state index is -4.52. The largest absolute Gasteiger partial charge is 0.492 e. The van der Waals surface area contributed by atoms with E-state index in [1.54, 1.807) is 28.9 Å². The molecule has 3 amide bonds. The average Bonchev–Trinajstić information content (AvgIpc) is 3.47. The van der Waals surface area contributed by atoms with Gasteiger partial charge in [-0.1, -0.05) is 12.1 Å². The second-order valence-electron chi connectivity index (χ2n) is 13.5. The van der Waals surface area contributed by atoms with Crippen molar-refractivity contribution in [1.29, 1.82) is 0 Å². The molecule has 4 aromatic rings. The van der Waals surface area contributed by atoms with E-state index >= 15 is 0 Å². The molecule has 5 heterocycles. The van der Waals surface area contributed by atoms with E-state index in [0.717, 1.165) is 49.2 Å². The lowest BCUT2D eigenvalue weighted by Gasteiger charge is -2.32. The second-order valence-corrected chi connectivity index (χ2v) is 15.5. The SMILES string of the molecule is Cn1nc(N2CCC(=O)NC2=O)c2ccc(C3CCN(CCOc4cccc(S(=O)(=O)N5CCC(Nc6ncc(C(F)(F)F)cn6)CC5)c4)CC3)cc21. The zero-order valence-electron chi connectivity index (χ0n) is 29.1. The number of urea groups is 1. The molecule has 7 rings (SSSR count). The fourth-order valence-electron chi connectivity index (χ4n) is 7.10. The molecule has 0 unspecified atom stereocenters. The number of amides is 3. The molecule has 2 aromatic carbocycles. The smallest absolute Gasteiger partial charge is 0.419 e. The summed E-state index contributed by atoms with van der Waals surface area (Å²) in [5, 5.41) is 10.8. The molecule has 0 radical (unpaired) electrons. The van der Waals surface area contributed by atoms with Crippen molar-refractivity contribution in [3.05, 3.63) is 66.0 Å². The van der Waals surface area contributed by atoms with E-state index in [9.17, 15) is 31.2 Å². The minimum absolute atomic E-state index is 0.0678. The number of imide groups is 1. The lowest BCUT2D eigenvalue weighted by atomic mass is 9.89. The number of nitrogens with zero attached hydrogens (tertiary/aromatic N) is 7. The summed E-state index contributed by atoms with van der Waals surface area (Å²) >= 11 is 0. The molecule has 3 aliphatic rings. The maximum Gasteiger partial charge on any atom is 0.419 e. The summed E-state index contributed by atoms with van der Waals surface area (Å²) < 4.78 is 74.5. The summed E-state index contributed by atoms with van der Waals surface area (Å²) in [5.41, 5.74) is 1.21. The molecule has 282 valence electrons. The zero-order chi connectivity index (χ0) is 37.3. The van der Waals surface area contributed by atoms with Gasteiger partial charge in [-0.2, -0.15) is 22.6 Å². The number of sulfonamides is 1. The number of carbonyl (C=O) groups is 2.